The highest BCUT2D eigenvalue weighted by molar-refractivity contribution is 7.89. The maximum atomic E-state index is 13.5. The van der Waals surface area contributed by atoms with Gasteiger partial charge in [-0.2, -0.15) is 4.31 Å². The van der Waals surface area contributed by atoms with Crippen LogP contribution in [0, 0.1) is 5.82 Å². The number of amides is 2. The van der Waals surface area contributed by atoms with Gasteiger partial charge in [-0.05, 0) is 42.5 Å². The third-order valence-corrected chi connectivity index (χ3v) is 7.55. The van der Waals surface area contributed by atoms with Crippen LogP contribution in [0.25, 0.3) is 0 Å². The summed E-state index contributed by atoms with van der Waals surface area (Å²) in [6.45, 7) is 0.601. The lowest BCUT2D eigenvalue weighted by atomic mass is 10.1. The zero-order valence-electron chi connectivity index (χ0n) is 18.9. The van der Waals surface area contributed by atoms with Gasteiger partial charge in [0.25, 0.3) is 5.91 Å². The third-order valence-electron chi connectivity index (χ3n) is 5.66. The van der Waals surface area contributed by atoms with Gasteiger partial charge < -0.3 is 15.5 Å². The molecule has 8 nitrogen and oxygen atoms in total. The number of carbonyl (C=O) groups excluding carboxylic acids is 2. The number of anilines is 2. The van der Waals surface area contributed by atoms with Crippen LogP contribution in [0.5, 0.6) is 0 Å². The molecule has 0 saturated carbocycles. The van der Waals surface area contributed by atoms with E-state index in [0.717, 1.165) is 6.07 Å². The van der Waals surface area contributed by atoms with Gasteiger partial charge in [0, 0.05) is 37.6 Å². The van der Waals surface area contributed by atoms with Crippen molar-refractivity contribution in [1.29, 1.82) is 0 Å². The minimum absolute atomic E-state index is 0.0493. The molecule has 0 spiro atoms. The minimum Gasteiger partial charge on any atom is -0.376 e. The SMILES string of the molecule is O=C(Nc1ccccc1)c1ccccc1NCC(=O)N1CCN(S(=O)(=O)c2cccc(F)c2)CC1. The summed E-state index contributed by atoms with van der Waals surface area (Å²) in [4.78, 5) is 26.9. The molecule has 0 atom stereocenters. The first-order chi connectivity index (χ1) is 16.8. The van der Waals surface area contributed by atoms with Crippen LogP contribution in [0.1, 0.15) is 10.4 Å². The molecule has 2 N–H and O–H groups in total. The summed E-state index contributed by atoms with van der Waals surface area (Å²) in [5, 5.41) is 5.85. The Morgan fingerprint density at radius 1 is 0.857 bits per heavy atom. The summed E-state index contributed by atoms with van der Waals surface area (Å²) in [7, 11) is -3.83. The maximum Gasteiger partial charge on any atom is 0.257 e. The van der Waals surface area contributed by atoms with Gasteiger partial charge in [-0.1, -0.05) is 36.4 Å². The van der Waals surface area contributed by atoms with Gasteiger partial charge in [0.15, 0.2) is 0 Å². The number of benzene rings is 3. The Balaban J connectivity index is 1.34. The molecule has 1 aliphatic rings. The van der Waals surface area contributed by atoms with Crippen molar-refractivity contribution in [3.63, 3.8) is 0 Å². The van der Waals surface area contributed by atoms with Crippen molar-refractivity contribution in [2.24, 2.45) is 0 Å². The van der Waals surface area contributed by atoms with E-state index in [1.54, 1.807) is 41.3 Å². The molecule has 182 valence electrons. The molecule has 3 aromatic rings. The maximum absolute atomic E-state index is 13.5. The highest BCUT2D eigenvalue weighted by Crippen LogP contribution is 2.20. The van der Waals surface area contributed by atoms with Crippen molar-refractivity contribution in [1.82, 2.24) is 9.21 Å². The minimum atomic E-state index is -3.83. The summed E-state index contributed by atoms with van der Waals surface area (Å²) in [6, 6.07) is 20.8. The summed E-state index contributed by atoms with van der Waals surface area (Å²) in [5.74, 6) is -1.14. The third kappa shape index (κ3) is 5.84. The Morgan fingerprint density at radius 3 is 2.26 bits per heavy atom. The van der Waals surface area contributed by atoms with E-state index in [1.807, 2.05) is 18.2 Å². The number of carbonyl (C=O) groups is 2. The van der Waals surface area contributed by atoms with Crippen LogP contribution in [0.15, 0.2) is 83.8 Å². The van der Waals surface area contributed by atoms with Crippen molar-refractivity contribution < 1.29 is 22.4 Å². The number of piperazine rings is 1. The Morgan fingerprint density at radius 2 is 1.54 bits per heavy atom. The number of rotatable bonds is 7. The van der Waals surface area contributed by atoms with E-state index in [1.165, 1.54) is 22.5 Å². The molecule has 1 heterocycles. The largest absolute Gasteiger partial charge is 0.376 e. The van der Waals surface area contributed by atoms with Crippen LogP contribution in [-0.2, 0) is 14.8 Å². The number of hydrogen-bond acceptors (Lipinski definition) is 5. The van der Waals surface area contributed by atoms with Crippen LogP contribution in [0.3, 0.4) is 0 Å². The summed E-state index contributed by atoms with van der Waals surface area (Å²) >= 11 is 0. The van der Waals surface area contributed by atoms with Gasteiger partial charge in [-0.15, -0.1) is 0 Å². The fraction of sp³-hybridized carbons (Fsp3) is 0.200. The van der Waals surface area contributed by atoms with E-state index in [2.05, 4.69) is 10.6 Å². The number of halogens is 1. The standard InChI is InChI=1S/C25H25FN4O4S/c26-19-7-6-10-21(17-19)35(33,34)30-15-13-29(14-16-30)24(31)18-27-23-12-5-4-11-22(23)25(32)28-20-8-2-1-3-9-20/h1-12,17,27H,13-16,18H2,(H,28,32). The smallest absolute Gasteiger partial charge is 0.257 e. The van der Waals surface area contributed by atoms with Crippen molar-refractivity contribution in [3.8, 4) is 0 Å². The quantitative estimate of drug-likeness (QED) is 0.524. The van der Waals surface area contributed by atoms with Gasteiger partial charge in [-0.25, -0.2) is 12.8 Å². The molecule has 1 saturated heterocycles. The number of hydrogen-bond donors (Lipinski definition) is 2. The number of para-hydroxylation sites is 2. The molecule has 4 rings (SSSR count). The molecule has 0 unspecified atom stereocenters. The van der Waals surface area contributed by atoms with Crippen LogP contribution in [0.2, 0.25) is 0 Å². The Bertz CT molecular complexity index is 1310. The molecule has 0 aliphatic carbocycles. The van der Waals surface area contributed by atoms with Gasteiger partial charge >= 0.3 is 0 Å². The molecule has 0 aromatic heterocycles. The van der Waals surface area contributed by atoms with Gasteiger partial charge in [0.05, 0.1) is 17.0 Å². The average molecular weight is 497 g/mol. The molecule has 0 radical (unpaired) electrons. The first-order valence-corrected chi connectivity index (χ1v) is 12.5. The fourth-order valence-corrected chi connectivity index (χ4v) is 5.25. The molecular formula is C25H25FN4O4S. The normalized spacial score (nSPS) is 14.4. The predicted octanol–water partition coefficient (Wildman–Crippen LogP) is 3.02. The zero-order chi connectivity index (χ0) is 24.8. The molecule has 1 aliphatic heterocycles. The van der Waals surface area contributed by atoms with Gasteiger partial charge in [0.1, 0.15) is 5.82 Å². The van der Waals surface area contributed by atoms with Gasteiger partial charge in [-0.3, -0.25) is 9.59 Å². The number of nitrogens with zero attached hydrogens (tertiary/aromatic N) is 2. The van der Waals surface area contributed by atoms with E-state index in [0.29, 0.717) is 16.9 Å². The predicted molar refractivity (Wildman–Crippen MR) is 131 cm³/mol. The van der Waals surface area contributed by atoms with Crippen molar-refractivity contribution in [2.45, 2.75) is 4.90 Å². The Labute approximate surface area is 203 Å². The second kappa shape index (κ2) is 10.7. The van der Waals surface area contributed by atoms with Crippen molar-refractivity contribution >= 4 is 33.2 Å². The Hall–Kier alpha value is -3.76. The van der Waals surface area contributed by atoms with Crippen molar-refractivity contribution in [3.05, 3.63) is 90.2 Å². The lowest BCUT2D eigenvalue weighted by molar-refractivity contribution is -0.130. The topological polar surface area (TPSA) is 98.8 Å². The molecule has 1 fully saturated rings. The second-order valence-electron chi connectivity index (χ2n) is 7.96. The van der Waals surface area contributed by atoms with Crippen LogP contribution in [0.4, 0.5) is 15.8 Å². The summed E-state index contributed by atoms with van der Waals surface area (Å²) < 4.78 is 40.3. The number of nitrogens with one attached hydrogen (secondary N) is 2. The van der Waals surface area contributed by atoms with Crippen LogP contribution < -0.4 is 10.6 Å². The average Bonchev–Trinajstić information content (AvgIpc) is 2.88. The first-order valence-electron chi connectivity index (χ1n) is 11.1. The van der Waals surface area contributed by atoms with E-state index in [9.17, 15) is 22.4 Å². The highest BCUT2D eigenvalue weighted by atomic mass is 32.2. The molecule has 2 amide bonds. The fourth-order valence-electron chi connectivity index (χ4n) is 3.79. The van der Waals surface area contributed by atoms with E-state index < -0.39 is 15.8 Å². The zero-order valence-corrected chi connectivity index (χ0v) is 19.7. The van der Waals surface area contributed by atoms with Crippen LogP contribution in [-0.4, -0.2) is 62.2 Å². The highest BCUT2D eigenvalue weighted by Gasteiger charge is 2.30. The van der Waals surface area contributed by atoms with Crippen LogP contribution >= 0.6 is 0 Å². The Kier molecular flexibility index (Phi) is 7.42. The summed E-state index contributed by atoms with van der Waals surface area (Å²) in [6.07, 6.45) is 0. The molecular weight excluding hydrogens is 471 g/mol. The van der Waals surface area contributed by atoms with E-state index >= 15 is 0 Å². The first kappa shape index (κ1) is 24.4. The molecule has 35 heavy (non-hydrogen) atoms. The lowest BCUT2D eigenvalue weighted by Crippen LogP contribution is -2.51. The molecule has 10 heteroatoms. The molecule has 0 bridgehead atoms. The molecule has 3 aromatic carbocycles. The monoisotopic (exact) mass is 496 g/mol. The van der Waals surface area contributed by atoms with E-state index in [4.69, 9.17) is 0 Å². The number of sulfonamides is 1. The summed E-state index contributed by atoms with van der Waals surface area (Å²) in [5.41, 5.74) is 1.58. The second-order valence-corrected chi connectivity index (χ2v) is 9.90. The van der Waals surface area contributed by atoms with Gasteiger partial charge in [0.2, 0.25) is 15.9 Å². The van der Waals surface area contributed by atoms with E-state index in [-0.39, 0.29) is 49.4 Å². The van der Waals surface area contributed by atoms with Crippen molar-refractivity contribution in [2.75, 3.05) is 43.4 Å². The lowest BCUT2D eigenvalue weighted by Gasteiger charge is -2.34.